The molecule has 1 N–H and O–H groups in total. The molecule has 5 nitrogen and oxygen atoms in total. The third-order valence-electron chi connectivity index (χ3n) is 3.72. The van der Waals surface area contributed by atoms with Gasteiger partial charge >= 0.3 is 0 Å². The summed E-state index contributed by atoms with van der Waals surface area (Å²) in [6.45, 7) is 12.0. The summed E-state index contributed by atoms with van der Waals surface area (Å²) in [6, 6.07) is 0.615. The molecule has 2 heterocycles. The van der Waals surface area contributed by atoms with Crippen LogP contribution in [0.5, 0.6) is 0 Å². The van der Waals surface area contributed by atoms with Crippen molar-refractivity contribution >= 4 is 0 Å². The van der Waals surface area contributed by atoms with Gasteiger partial charge < -0.3 is 5.32 Å². The molecule has 19 heavy (non-hydrogen) atoms. The molecular weight excluding hydrogens is 238 g/mol. The lowest BCUT2D eigenvalue weighted by Gasteiger charge is -2.23. The largest absolute Gasteiger partial charge is 0.308 e. The fourth-order valence-electron chi connectivity index (χ4n) is 2.63. The van der Waals surface area contributed by atoms with E-state index in [2.05, 4.69) is 41.1 Å². The zero-order valence-corrected chi connectivity index (χ0v) is 12.5. The molecule has 0 saturated carbocycles. The van der Waals surface area contributed by atoms with Gasteiger partial charge in [0.2, 0.25) is 0 Å². The van der Waals surface area contributed by atoms with Crippen molar-refractivity contribution in [2.75, 3.05) is 19.6 Å². The maximum Gasteiger partial charge on any atom is 0.140 e. The Morgan fingerprint density at radius 3 is 2.68 bits per heavy atom. The van der Waals surface area contributed by atoms with Crippen LogP contribution >= 0.6 is 0 Å². The summed E-state index contributed by atoms with van der Waals surface area (Å²) in [6.07, 6.45) is 4.36. The molecule has 1 saturated heterocycles. The number of hydrogen-bond donors (Lipinski definition) is 1. The van der Waals surface area contributed by atoms with E-state index in [4.69, 9.17) is 0 Å². The van der Waals surface area contributed by atoms with Crippen molar-refractivity contribution in [3.8, 4) is 0 Å². The fraction of sp³-hybridized carbons (Fsp3) is 0.857. The lowest BCUT2D eigenvalue weighted by molar-refractivity contribution is 0.250. The van der Waals surface area contributed by atoms with Crippen molar-refractivity contribution in [1.29, 1.82) is 0 Å². The molecule has 1 atom stereocenters. The molecule has 1 aliphatic heterocycles. The van der Waals surface area contributed by atoms with Gasteiger partial charge in [-0.05, 0) is 38.8 Å². The quantitative estimate of drug-likeness (QED) is 0.812. The van der Waals surface area contributed by atoms with Crippen molar-refractivity contribution in [3.63, 3.8) is 0 Å². The second kappa shape index (κ2) is 7.01. The second-order valence-corrected chi connectivity index (χ2v) is 5.98. The van der Waals surface area contributed by atoms with Crippen molar-refractivity contribution in [1.82, 2.24) is 25.0 Å². The summed E-state index contributed by atoms with van der Waals surface area (Å²) in [5, 5.41) is 7.80. The summed E-state index contributed by atoms with van der Waals surface area (Å²) in [5.41, 5.74) is 0. The predicted octanol–water partition coefficient (Wildman–Crippen LogP) is 1.51. The van der Waals surface area contributed by atoms with Gasteiger partial charge in [-0.1, -0.05) is 13.8 Å². The van der Waals surface area contributed by atoms with Gasteiger partial charge in [0.05, 0.1) is 6.54 Å². The molecule has 0 radical (unpaired) electrons. The summed E-state index contributed by atoms with van der Waals surface area (Å²) in [7, 11) is 0. The van der Waals surface area contributed by atoms with E-state index in [-0.39, 0.29) is 0 Å². The summed E-state index contributed by atoms with van der Waals surface area (Å²) < 4.78 is 2.01. The molecule has 0 aromatic carbocycles. The molecule has 1 unspecified atom stereocenters. The lowest BCUT2D eigenvalue weighted by Crippen LogP contribution is -2.38. The van der Waals surface area contributed by atoms with Crippen molar-refractivity contribution < 1.29 is 0 Å². The molecule has 2 rings (SSSR count). The van der Waals surface area contributed by atoms with Crippen LogP contribution in [0.2, 0.25) is 0 Å². The molecule has 1 aliphatic rings. The average molecular weight is 265 g/mol. The minimum atomic E-state index is 0.601. The Morgan fingerprint density at radius 1 is 1.26 bits per heavy atom. The van der Waals surface area contributed by atoms with Crippen LogP contribution in [0.15, 0.2) is 6.33 Å². The Bertz CT molecular complexity index is 368. The van der Waals surface area contributed by atoms with E-state index in [0.29, 0.717) is 12.0 Å². The third-order valence-corrected chi connectivity index (χ3v) is 3.72. The summed E-state index contributed by atoms with van der Waals surface area (Å²) >= 11 is 0. The van der Waals surface area contributed by atoms with Gasteiger partial charge in [-0.15, -0.1) is 0 Å². The molecule has 5 heteroatoms. The monoisotopic (exact) mass is 265 g/mol. The number of likely N-dealkylation sites (tertiary alicyclic amines) is 1. The van der Waals surface area contributed by atoms with E-state index in [0.717, 1.165) is 25.5 Å². The number of nitrogens with one attached hydrogen (secondary N) is 1. The minimum Gasteiger partial charge on any atom is -0.308 e. The third kappa shape index (κ3) is 4.28. The zero-order valence-electron chi connectivity index (χ0n) is 12.5. The maximum atomic E-state index is 4.34. The van der Waals surface area contributed by atoms with E-state index in [1.54, 1.807) is 6.33 Å². The van der Waals surface area contributed by atoms with Crippen molar-refractivity contribution in [2.45, 2.75) is 52.7 Å². The van der Waals surface area contributed by atoms with Crippen LogP contribution in [0, 0.1) is 5.92 Å². The Kier molecular flexibility index (Phi) is 5.34. The van der Waals surface area contributed by atoms with E-state index in [1.165, 1.54) is 25.9 Å². The molecular formula is C14H27N5. The Morgan fingerprint density at radius 2 is 2.00 bits per heavy atom. The van der Waals surface area contributed by atoms with Crippen LogP contribution in [-0.4, -0.2) is 45.3 Å². The average Bonchev–Trinajstić information content (AvgIpc) is 3.00. The van der Waals surface area contributed by atoms with Gasteiger partial charge in [-0.3, -0.25) is 4.90 Å². The first-order valence-electron chi connectivity index (χ1n) is 7.48. The van der Waals surface area contributed by atoms with Gasteiger partial charge in [-0.25, -0.2) is 9.67 Å². The Hall–Kier alpha value is -0.940. The SMILES string of the molecule is CC(C)Cn1ncnc1CNCC(C)N1CCCC1. The number of aromatic nitrogens is 3. The molecule has 0 spiro atoms. The standard InChI is InChI=1S/C14H27N5/c1-12(2)10-19-14(16-11-17-19)9-15-8-13(3)18-6-4-5-7-18/h11-13,15H,4-10H2,1-3H3. The van der Waals surface area contributed by atoms with Crippen LogP contribution < -0.4 is 5.32 Å². The predicted molar refractivity (Wildman–Crippen MR) is 76.8 cm³/mol. The van der Waals surface area contributed by atoms with Gasteiger partial charge in [0.15, 0.2) is 0 Å². The highest BCUT2D eigenvalue weighted by atomic mass is 15.3. The number of hydrogen-bond acceptors (Lipinski definition) is 4. The molecule has 0 aliphatic carbocycles. The second-order valence-electron chi connectivity index (χ2n) is 5.98. The van der Waals surface area contributed by atoms with Crippen molar-refractivity contribution in [3.05, 3.63) is 12.2 Å². The first-order valence-corrected chi connectivity index (χ1v) is 7.48. The van der Waals surface area contributed by atoms with Crippen LogP contribution in [0.4, 0.5) is 0 Å². The van der Waals surface area contributed by atoms with E-state index in [1.807, 2.05) is 4.68 Å². The van der Waals surface area contributed by atoms with Gasteiger partial charge in [0, 0.05) is 19.1 Å². The Labute approximate surface area is 116 Å². The smallest absolute Gasteiger partial charge is 0.140 e. The highest BCUT2D eigenvalue weighted by Gasteiger charge is 2.17. The van der Waals surface area contributed by atoms with Crippen LogP contribution in [0.1, 0.15) is 39.4 Å². The zero-order chi connectivity index (χ0) is 13.7. The minimum absolute atomic E-state index is 0.601. The lowest BCUT2D eigenvalue weighted by atomic mass is 10.2. The van der Waals surface area contributed by atoms with Gasteiger partial charge in [-0.2, -0.15) is 5.10 Å². The molecule has 0 bridgehead atoms. The molecule has 0 amide bonds. The normalized spacial score (nSPS) is 18.3. The van der Waals surface area contributed by atoms with Crippen molar-refractivity contribution in [2.24, 2.45) is 5.92 Å². The molecule has 1 aromatic rings. The number of rotatable bonds is 7. The number of nitrogens with zero attached hydrogens (tertiary/aromatic N) is 4. The van der Waals surface area contributed by atoms with E-state index >= 15 is 0 Å². The first kappa shape index (κ1) is 14.5. The van der Waals surface area contributed by atoms with E-state index in [9.17, 15) is 0 Å². The molecule has 1 aromatic heterocycles. The summed E-state index contributed by atoms with van der Waals surface area (Å²) in [5.74, 6) is 1.64. The highest BCUT2D eigenvalue weighted by Crippen LogP contribution is 2.10. The molecule has 108 valence electrons. The topological polar surface area (TPSA) is 46.0 Å². The van der Waals surface area contributed by atoms with Crippen LogP contribution in [0.3, 0.4) is 0 Å². The highest BCUT2D eigenvalue weighted by molar-refractivity contribution is 4.85. The fourth-order valence-corrected chi connectivity index (χ4v) is 2.63. The van der Waals surface area contributed by atoms with Crippen LogP contribution in [-0.2, 0) is 13.1 Å². The Balaban J connectivity index is 1.74. The maximum absolute atomic E-state index is 4.34. The van der Waals surface area contributed by atoms with E-state index < -0.39 is 0 Å². The van der Waals surface area contributed by atoms with Crippen LogP contribution in [0.25, 0.3) is 0 Å². The van der Waals surface area contributed by atoms with Gasteiger partial charge in [0.25, 0.3) is 0 Å². The summed E-state index contributed by atoms with van der Waals surface area (Å²) in [4.78, 5) is 6.90. The molecule has 1 fully saturated rings. The first-order chi connectivity index (χ1) is 9.16. The van der Waals surface area contributed by atoms with Gasteiger partial charge in [0.1, 0.15) is 12.2 Å².